The molecule has 0 aromatic carbocycles. The molecule has 0 saturated heterocycles. The number of carbonyl (C=O) groups is 1. The van der Waals surface area contributed by atoms with E-state index < -0.39 is 5.97 Å². The Kier molecular flexibility index (Phi) is 4.30. The molecular formula is C15H17N3O2. The van der Waals surface area contributed by atoms with Crippen molar-refractivity contribution in [2.24, 2.45) is 0 Å². The van der Waals surface area contributed by atoms with Gasteiger partial charge in [-0.15, -0.1) is 0 Å². The van der Waals surface area contributed by atoms with Crippen LogP contribution in [0.1, 0.15) is 28.7 Å². The number of carboxylic acids is 1. The van der Waals surface area contributed by atoms with Crippen molar-refractivity contribution < 1.29 is 9.90 Å². The van der Waals surface area contributed by atoms with Crippen LogP contribution in [0.2, 0.25) is 0 Å². The van der Waals surface area contributed by atoms with Crippen LogP contribution in [0.15, 0.2) is 36.5 Å². The molecule has 0 spiro atoms. The van der Waals surface area contributed by atoms with Crippen molar-refractivity contribution in [2.75, 3.05) is 11.4 Å². The number of aromatic carboxylic acids is 1. The summed E-state index contributed by atoms with van der Waals surface area (Å²) >= 11 is 0. The Hall–Kier alpha value is -2.43. The summed E-state index contributed by atoms with van der Waals surface area (Å²) in [7, 11) is 0. The topological polar surface area (TPSA) is 66.3 Å². The third-order valence-electron chi connectivity index (χ3n) is 3.09. The number of anilines is 1. The fraction of sp³-hybridized carbons (Fsp3) is 0.267. The number of nitrogens with zero attached hydrogens (tertiary/aromatic N) is 3. The lowest BCUT2D eigenvalue weighted by Crippen LogP contribution is -2.24. The van der Waals surface area contributed by atoms with Gasteiger partial charge in [0.1, 0.15) is 5.82 Å². The van der Waals surface area contributed by atoms with E-state index >= 15 is 0 Å². The standard InChI is InChI=1S/C15H17N3O2/c1-3-18(10-12-6-4-5-9-16-12)14-8-7-13(15(19)20)11(2)17-14/h4-9H,3,10H2,1-2H3,(H,19,20). The molecule has 2 heterocycles. The maximum absolute atomic E-state index is 11.0. The van der Waals surface area contributed by atoms with Crippen molar-refractivity contribution in [2.45, 2.75) is 20.4 Å². The van der Waals surface area contributed by atoms with E-state index in [-0.39, 0.29) is 5.56 Å². The maximum Gasteiger partial charge on any atom is 0.337 e. The van der Waals surface area contributed by atoms with Crippen LogP contribution in [-0.4, -0.2) is 27.6 Å². The van der Waals surface area contributed by atoms with Gasteiger partial charge in [-0.2, -0.15) is 0 Å². The van der Waals surface area contributed by atoms with Crippen molar-refractivity contribution >= 4 is 11.8 Å². The molecule has 0 aliphatic heterocycles. The quantitative estimate of drug-likeness (QED) is 0.905. The van der Waals surface area contributed by atoms with E-state index in [1.807, 2.05) is 25.1 Å². The zero-order valence-electron chi connectivity index (χ0n) is 11.6. The summed E-state index contributed by atoms with van der Waals surface area (Å²) in [5, 5.41) is 9.02. The molecule has 0 unspecified atom stereocenters. The normalized spacial score (nSPS) is 10.3. The molecule has 5 heteroatoms. The number of pyridine rings is 2. The molecule has 0 fully saturated rings. The van der Waals surface area contributed by atoms with E-state index in [2.05, 4.69) is 14.9 Å². The van der Waals surface area contributed by atoms with Crippen LogP contribution in [0.5, 0.6) is 0 Å². The van der Waals surface area contributed by atoms with Crippen LogP contribution >= 0.6 is 0 Å². The highest BCUT2D eigenvalue weighted by Crippen LogP contribution is 2.16. The first-order valence-electron chi connectivity index (χ1n) is 6.47. The van der Waals surface area contributed by atoms with Gasteiger partial charge in [-0.1, -0.05) is 6.07 Å². The molecule has 0 saturated carbocycles. The van der Waals surface area contributed by atoms with Gasteiger partial charge in [-0.25, -0.2) is 9.78 Å². The first-order chi connectivity index (χ1) is 9.61. The maximum atomic E-state index is 11.0. The van der Waals surface area contributed by atoms with E-state index in [0.717, 1.165) is 18.1 Å². The molecule has 5 nitrogen and oxygen atoms in total. The summed E-state index contributed by atoms with van der Waals surface area (Å²) in [6.07, 6.45) is 1.76. The highest BCUT2D eigenvalue weighted by atomic mass is 16.4. The average molecular weight is 271 g/mol. The molecule has 2 aromatic rings. The van der Waals surface area contributed by atoms with Crippen LogP contribution < -0.4 is 4.90 Å². The van der Waals surface area contributed by atoms with E-state index in [4.69, 9.17) is 5.11 Å². The summed E-state index contributed by atoms with van der Waals surface area (Å²) in [4.78, 5) is 21.7. The lowest BCUT2D eigenvalue weighted by molar-refractivity contribution is 0.0695. The van der Waals surface area contributed by atoms with E-state index in [1.54, 1.807) is 25.3 Å². The predicted molar refractivity (Wildman–Crippen MR) is 76.9 cm³/mol. The highest BCUT2D eigenvalue weighted by Gasteiger charge is 2.12. The zero-order chi connectivity index (χ0) is 14.5. The van der Waals surface area contributed by atoms with E-state index in [0.29, 0.717) is 12.2 Å². The highest BCUT2D eigenvalue weighted by molar-refractivity contribution is 5.89. The summed E-state index contributed by atoms with van der Waals surface area (Å²) in [5.41, 5.74) is 1.72. The smallest absolute Gasteiger partial charge is 0.337 e. The van der Waals surface area contributed by atoms with Gasteiger partial charge in [0.15, 0.2) is 0 Å². The van der Waals surface area contributed by atoms with Gasteiger partial charge < -0.3 is 10.0 Å². The van der Waals surface area contributed by atoms with Crippen molar-refractivity contribution in [1.29, 1.82) is 0 Å². The van der Waals surface area contributed by atoms with Crippen molar-refractivity contribution in [1.82, 2.24) is 9.97 Å². The minimum Gasteiger partial charge on any atom is -0.478 e. The molecule has 1 N–H and O–H groups in total. The van der Waals surface area contributed by atoms with E-state index in [1.165, 1.54) is 0 Å². The van der Waals surface area contributed by atoms with Crippen LogP contribution in [-0.2, 0) is 6.54 Å². The lowest BCUT2D eigenvalue weighted by Gasteiger charge is -2.22. The number of rotatable bonds is 5. The molecule has 0 radical (unpaired) electrons. The van der Waals surface area contributed by atoms with Gasteiger partial charge in [0.05, 0.1) is 23.5 Å². The minimum absolute atomic E-state index is 0.239. The van der Waals surface area contributed by atoms with Gasteiger partial charge in [-0.3, -0.25) is 4.98 Å². The van der Waals surface area contributed by atoms with Gasteiger partial charge in [0.2, 0.25) is 0 Å². The molecular weight excluding hydrogens is 254 g/mol. The second kappa shape index (κ2) is 6.14. The Labute approximate surface area is 117 Å². The third kappa shape index (κ3) is 3.12. The van der Waals surface area contributed by atoms with Crippen LogP contribution in [0.25, 0.3) is 0 Å². The molecule has 104 valence electrons. The summed E-state index contributed by atoms with van der Waals surface area (Å²) in [6.45, 7) is 5.16. The molecule has 2 aromatic heterocycles. The monoisotopic (exact) mass is 271 g/mol. The summed E-state index contributed by atoms with van der Waals surface area (Å²) < 4.78 is 0. The molecule has 0 atom stereocenters. The second-order valence-corrected chi connectivity index (χ2v) is 4.44. The van der Waals surface area contributed by atoms with Crippen molar-refractivity contribution in [3.8, 4) is 0 Å². The Morgan fingerprint density at radius 1 is 1.30 bits per heavy atom. The van der Waals surface area contributed by atoms with Crippen LogP contribution in [0, 0.1) is 6.92 Å². The Morgan fingerprint density at radius 2 is 2.10 bits per heavy atom. The van der Waals surface area contributed by atoms with E-state index in [9.17, 15) is 4.79 Å². The molecule has 0 aliphatic rings. The SMILES string of the molecule is CCN(Cc1ccccn1)c1ccc(C(=O)O)c(C)n1. The fourth-order valence-electron chi connectivity index (χ4n) is 1.99. The number of hydrogen-bond donors (Lipinski definition) is 1. The number of aryl methyl sites for hydroxylation is 1. The lowest BCUT2D eigenvalue weighted by atomic mass is 10.2. The Balaban J connectivity index is 2.24. The molecule has 2 rings (SSSR count). The largest absolute Gasteiger partial charge is 0.478 e. The minimum atomic E-state index is -0.950. The fourth-order valence-corrected chi connectivity index (χ4v) is 1.99. The van der Waals surface area contributed by atoms with Gasteiger partial charge in [0, 0.05) is 12.7 Å². The van der Waals surface area contributed by atoms with Crippen molar-refractivity contribution in [3.05, 3.63) is 53.5 Å². The zero-order valence-corrected chi connectivity index (χ0v) is 11.6. The van der Waals surface area contributed by atoms with Crippen molar-refractivity contribution in [3.63, 3.8) is 0 Å². The van der Waals surface area contributed by atoms with Gasteiger partial charge >= 0.3 is 5.97 Å². The van der Waals surface area contributed by atoms with Gasteiger partial charge in [-0.05, 0) is 38.1 Å². The first kappa shape index (κ1) is 14.0. The average Bonchev–Trinajstić information content (AvgIpc) is 2.45. The number of carboxylic acid groups (broad SMARTS) is 1. The molecule has 0 amide bonds. The molecule has 20 heavy (non-hydrogen) atoms. The van der Waals surface area contributed by atoms with Gasteiger partial charge in [0.25, 0.3) is 0 Å². The van der Waals surface area contributed by atoms with Crippen LogP contribution in [0.3, 0.4) is 0 Å². The summed E-state index contributed by atoms with van der Waals surface area (Å²) in [6, 6.07) is 9.12. The number of hydrogen-bond acceptors (Lipinski definition) is 4. The molecule has 0 aliphatic carbocycles. The Morgan fingerprint density at radius 3 is 2.65 bits per heavy atom. The predicted octanol–water partition coefficient (Wildman–Crippen LogP) is 2.51. The molecule has 0 bridgehead atoms. The summed E-state index contributed by atoms with van der Waals surface area (Å²) in [5.74, 6) is -0.185. The second-order valence-electron chi connectivity index (χ2n) is 4.44. The Bertz CT molecular complexity index is 599. The first-order valence-corrected chi connectivity index (χ1v) is 6.47. The number of aromatic nitrogens is 2. The third-order valence-corrected chi connectivity index (χ3v) is 3.09. The van der Waals surface area contributed by atoms with Crippen LogP contribution in [0.4, 0.5) is 5.82 Å².